The molecule has 0 saturated carbocycles. The Morgan fingerprint density at radius 3 is 2.75 bits per heavy atom. The maximum Gasteiger partial charge on any atom is 0.274 e. The van der Waals surface area contributed by atoms with Crippen molar-refractivity contribution in [3.8, 4) is 5.75 Å². The molecule has 1 aliphatic heterocycles. The van der Waals surface area contributed by atoms with E-state index in [1.807, 2.05) is 36.4 Å². The van der Waals surface area contributed by atoms with Crippen LogP contribution in [0.1, 0.15) is 28.7 Å². The summed E-state index contributed by atoms with van der Waals surface area (Å²) in [5, 5.41) is 9.34. The highest BCUT2D eigenvalue weighted by Crippen LogP contribution is 2.28. The van der Waals surface area contributed by atoms with Crippen molar-refractivity contribution in [2.24, 2.45) is 0 Å². The van der Waals surface area contributed by atoms with Crippen molar-refractivity contribution in [1.29, 1.82) is 0 Å². The monoisotopic (exact) mass is 377 g/mol. The number of carbonyl (C=O) groups excluding carboxylic acids is 2. The molecule has 4 rings (SSSR count). The number of benzene rings is 2. The molecule has 2 aromatic carbocycles. The fourth-order valence-corrected chi connectivity index (χ4v) is 2.95. The highest BCUT2D eigenvalue weighted by molar-refractivity contribution is 6.04. The van der Waals surface area contributed by atoms with Gasteiger partial charge in [-0.15, -0.1) is 0 Å². The molecule has 0 radical (unpaired) electrons. The van der Waals surface area contributed by atoms with Crippen LogP contribution in [0.15, 0.2) is 65.2 Å². The standard InChI is InChI=1S/C21H19N3O4/c1-21(13-27-18-10-6-5-9-16(18)22-20(21)26)23-19(25)17-12-15(28-24-17)11-14-7-3-2-4-8-14/h2-10,12H,11,13H2,1H3,(H,22,26)(H,23,25)/t21-/m0/s1. The third kappa shape index (κ3) is 3.59. The Bertz CT molecular complexity index is 1020. The number of carbonyl (C=O) groups is 2. The maximum atomic E-state index is 12.7. The second-order valence-electron chi connectivity index (χ2n) is 6.87. The van der Waals surface area contributed by atoms with Crippen LogP contribution in [0.3, 0.4) is 0 Å². The summed E-state index contributed by atoms with van der Waals surface area (Å²) < 4.78 is 11.0. The van der Waals surface area contributed by atoms with Crippen molar-refractivity contribution in [1.82, 2.24) is 10.5 Å². The Morgan fingerprint density at radius 1 is 1.18 bits per heavy atom. The summed E-state index contributed by atoms with van der Waals surface area (Å²) in [7, 11) is 0. The molecule has 7 heteroatoms. The molecule has 1 aliphatic rings. The van der Waals surface area contributed by atoms with Gasteiger partial charge in [0.15, 0.2) is 11.2 Å². The first-order chi connectivity index (χ1) is 13.5. The van der Waals surface area contributed by atoms with Gasteiger partial charge in [-0.1, -0.05) is 47.6 Å². The number of hydrogen-bond donors (Lipinski definition) is 2. The van der Waals surface area contributed by atoms with Crippen molar-refractivity contribution in [3.05, 3.63) is 77.7 Å². The van der Waals surface area contributed by atoms with Crippen LogP contribution in [0.5, 0.6) is 5.75 Å². The SMILES string of the molecule is C[C@]1(NC(=O)c2cc(Cc3ccccc3)on2)COc2ccccc2NC1=O. The molecule has 0 fully saturated rings. The van der Waals surface area contributed by atoms with Gasteiger partial charge in [0.05, 0.1) is 5.69 Å². The van der Waals surface area contributed by atoms with E-state index in [0.29, 0.717) is 23.6 Å². The molecule has 0 spiro atoms. The van der Waals surface area contributed by atoms with Crippen molar-refractivity contribution < 1.29 is 18.8 Å². The van der Waals surface area contributed by atoms with Crippen LogP contribution in [0, 0.1) is 0 Å². The van der Waals surface area contributed by atoms with Gasteiger partial charge in [0.2, 0.25) is 0 Å². The fourth-order valence-electron chi connectivity index (χ4n) is 2.95. The number of para-hydroxylation sites is 2. The largest absolute Gasteiger partial charge is 0.488 e. The number of ether oxygens (including phenoxy) is 1. The number of aromatic nitrogens is 1. The average molecular weight is 377 g/mol. The van der Waals surface area contributed by atoms with E-state index in [4.69, 9.17) is 9.26 Å². The summed E-state index contributed by atoms with van der Waals surface area (Å²) in [6.07, 6.45) is 0.525. The molecule has 3 aromatic rings. The smallest absolute Gasteiger partial charge is 0.274 e. The van der Waals surface area contributed by atoms with Gasteiger partial charge < -0.3 is 19.9 Å². The van der Waals surface area contributed by atoms with E-state index in [-0.39, 0.29) is 18.2 Å². The average Bonchev–Trinajstić information content (AvgIpc) is 3.12. The number of amides is 2. The van der Waals surface area contributed by atoms with Gasteiger partial charge in [0, 0.05) is 12.5 Å². The van der Waals surface area contributed by atoms with Crippen LogP contribution in [0.4, 0.5) is 5.69 Å². The number of nitrogens with one attached hydrogen (secondary N) is 2. The van der Waals surface area contributed by atoms with Crippen LogP contribution in [-0.2, 0) is 11.2 Å². The molecule has 142 valence electrons. The predicted molar refractivity (Wildman–Crippen MR) is 102 cm³/mol. The van der Waals surface area contributed by atoms with Gasteiger partial charge in [-0.25, -0.2) is 0 Å². The topological polar surface area (TPSA) is 93.5 Å². The molecule has 0 bridgehead atoms. The van der Waals surface area contributed by atoms with Crippen molar-refractivity contribution in [2.45, 2.75) is 18.9 Å². The van der Waals surface area contributed by atoms with Gasteiger partial charge in [-0.2, -0.15) is 0 Å². The molecule has 0 unspecified atom stereocenters. The molecule has 7 nitrogen and oxygen atoms in total. The zero-order valence-electron chi connectivity index (χ0n) is 15.3. The third-order valence-electron chi connectivity index (χ3n) is 4.55. The number of nitrogens with zero attached hydrogens (tertiary/aromatic N) is 1. The highest BCUT2D eigenvalue weighted by Gasteiger charge is 2.39. The molecule has 1 aromatic heterocycles. The highest BCUT2D eigenvalue weighted by atomic mass is 16.5. The molecule has 2 N–H and O–H groups in total. The summed E-state index contributed by atoms with van der Waals surface area (Å²) in [4.78, 5) is 25.3. The third-order valence-corrected chi connectivity index (χ3v) is 4.55. The number of fused-ring (bicyclic) bond motifs is 1. The quantitative estimate of drug-likeness (QED) is 0.729. The molecule has 2 amide bonds. The van der Waals surface area contributed by atoms with Gasteiger partial charge in [0.1, 0.15) is 18.1 Å². The minimum atomic E-state index is -1.26. The first kappa shape index (κ1) is 17.8. The van der Waals surface area contributed by atoms with E-state index in [1.54, 1.807) is 31.2 Å². The Hall–Kier alpha value is -3.61. The van der Waals surface area contributed by atoms with E-state index in [9.17, 15) is 9.59 Å². The lowest BCUT2D eigenvalue weighted by Gasteiger charge is -2.26. The molecule has 0 saturated heterocycles. The van der Waals surface area contributed by atoms with Crippen LogP contribution >= 0.6 is 0 Å². The molecule has 0 aliphatic carbocycles. The molecule has 28 heavy (non-hydrogen) atoms. The van der Waals surface area contributed by atoms with E-state index in [0.717, 1.165) is 5.56 Å². The zero-order chi connectivity index (χ0) is 19.6. The molecule has 2 heterocycles. The second-order valence-corrected chi connectivity index (χ2v) is 6.87. The van der Waals surface area contributed by atoms with E-state index >= 15 is 0 Å². The normalized spacial score (nSPS) is 18.4. The van der Waals surface area contributed by atoms with Crippen LogP contribution in [0.2, 0.25) is 0 Å². The van der Waals surface area contributed by atoms with Gasteiger partial charge in [-0.05, 0) is 24.6 Å². The summed E-state index contributed by atoms with van der Waals surface area (Å²) in [6, 6.07) is 18.4. The summed E-state index contributed by atoms with van der Waals surface area (Å²) in [6.45, 7) is 1.60. The lowest BCUT2D eigenvalue weighted by Crippen LogP contribution is -2.57. The van der Waals surface area contributed by atoms with Crippen molar-refractivity contribution in [2.75, 3.05) is 11.9 Å². The molecular weight excluding hydrogens is 358 g/mol. The number of hydrogen-bond acceptors (Lipinski definition) is 5. The molecular formula is C21H19N3O4. The van der Waals surface area contributed by atoms with Gasteiger partial charge in [-0.3, -0.25) is 9.59 Å². The summed E-state index contributed by atoms with van der Waals surface area (Å²) >= 11 is 0. The number of anilines is 1. The number of rotatable bonds is 4. The maximum absolute atomic E-state index is 12.7. The van der Waals surface area contributed by atoms with Gasteiger partial charge >= 0.3 is 0 Å². The van der Waals surface area contributed by atoms with Gasteiger partial charge in [0.25, 0.3) is 11.8 Å². The Kier molecular flexibility index (Phi) is 4.57. The lowest BCUT2D eigenvalue weighted by molar-refractivity contribution is -0.122. The first-order valence-electron chi connectivity index (χ1n) is 8.89. The van der Waals surface area contributed by atoms with Crippen molar-refractivity contribution >= 4 is 17.5 Å². The Labute approximate surface area is 161 Å². The minimum absolute atomic E-state index is 0.00366. The van der Waals surface area contributed by atoms with E-state index in [1.165, 1.54) is 0 Å². The van der Waals surface area contributed by atoms with E-state index in [2.05, 4.69) is 15.8 Å². The predicted octanol–water partition coefficient (Wildman–Crippen LogP) is 2.79. The summed E-state index contributed by atoms with van der Waals surface area (Å²) in [5.41, 5.74) is 0.472. The fraction of sp³-hybridized carbons (Fsp3) is 0.190. The van der Waals surface area contributed by atoms with Crippen LogP contribution in [-0.4, -0.2) is 29.1 Å². The van der Waals surface area contributed by atoms with Crippen molar-refractivity contribution in [3.63, 3.8) is 0 Å². The molecule has 1 atom stereocenters. The van der Waals surface area contributed by atoms with Crippen LogP contribution in [0.25, 0.3) is 0 Å². The lowest BCUT2D eigenvalue weighted by atomic mass is 10.0. The minimum Gasteiger partial charge on any atom is -0.488 e. The first-order valence-corrected chi connectivity index (χ1v) is 8.89. The summed E-state index contributed by atoms with van der Waals surface area (Å²) in [5.74, 6) is 0.255. The Morgan fingerprint density at radius 2 is 1.93 bits per heavy atom. The second kappa shape index (κ2) is 7.19. The van der Waals surface area contributed by atoms with E-state index < -0.39 is 11.4 Å². The zero-order valence-corrected chi connectivity index (χ0v) is 15.3. The Balaban J connectivity index is 1.47. The van der Waals surface area contributed by atoms with Crippen LogP contribution < -0.4 is 15.4 Å².